The highest BCUT2D eigenvalue weighted by Gasteiger charge is 2.14. The summed E-state index contributed by atoms with van der Waals surface area (Å²) in [7, 11) is 0. The molecule has 0 unspecified atom stereocenters. The number of aromatic nitrogens is 1. The molecule has 0 aliphatic carbocycles. The summed E-state index contributed by atoms with van der Waals surface area (Å²) in [6.07, 6.45) is 4.99. The van der Waals surface area contributed by atoms with Gasteiger partial charge in [0.05, 0.1) is 5.56 Å². The maximum atomic E-state index is 8.97. The summed E-state index contributed by atoms with van der Waals surface area (Å²) in [5.41, 5.74) is 2.08. The van der Waals surface area contributed by atoms with Crippen LogP contribution in [0.1, 0.15) is 18.9 Å². The van der Waals surface area contributed by atoms with Crippen LogP contribution in [0.5, 0.6) is 0 Å². The van der Waals surface area contributed by atoms with Gasteiger partial charge < -0.3 is 4.90 Å². The SMILES string of the molecule is CC1=CCN(c2ncccc2C#N)CC1. The topological polar surface area (TPSA) is 39.9 Å². The first kappa shape index (κ1) is 9.72. The molecule has 0 saturated heterocycles. The number of nitrogens with zero attached hydrogens (tertiary/aromatic N) is 3. The number of nitriles is 1. The summed E-state index contributed by atoms with van der Waals surface area (Å²) in [6, 6.07) is 5.79. The second-order valence-electron chi connectivity index (χ2n) is 3.73. The van der Waals surface area contributed by atoms with Crippen LogP contribution in [0.15, 0.2) is 30.0 Å². The highest BCUT2D eigenvalue weighted by atomic mass is 15.2. The lowest BCUT2D eigenvalue weighted by Gasteiger charge is -2.26. The fourth-order valence-corrected chi connectivity index (χ4v) is 1.70. The van der Waals surface area contributed by atoms with E-state index in [0.717, 1.165) is 25.3 Å². The Morgan fingerprint density at radius 2 is 2.40 bits per heavy atom. The fraction of sp³-hybridized carbons (Fsp3) is 0.333. The van der Waals surface area contributed by atoms with Gasteiger partial charge in [0.1, 0.15) is 11.9 Å². The van der Waals surface area contributed by atoms with Crippen LogP contribution in [0.25, 0.3) is 0 Å². The number of hydrogen-bond acceptors (Lipinski definition) is 3. The van der Waals surface area contributed by atoms with Crippen molar-refractivity contribution < 1.29 is 0 Å². The van der Waals surface area contributed by atoms with Gasteiger partial charge in [0, 0.05) is 19.3 Å². The maximum absolute atomic E-state index is 8.97. The molecule has 1 aliphatic rings. The zero-order valence-electron chi connectivity index (χ0n) is 8.77. The Kier molecular flexibility index (Phi) is 2.68. The lowest BCUT2D eigenvalue weighted by molar-refractivity contribution is 0.774. The molecular weight excluding hydrogens is 186 g/mol. The molecule has 0 spiro atoms. The molecule has 0 aromatic carbocycles. The third-order valence-electron chi connectivity index (χ3n) is 2.64. The highest BCUT2D eigenvalue weighted by molar-refractivity contribution is 5.54. The van der Waals surface area contributed by atoms with Crippen molar-refractivity contribution in [2.24, 2.45) is 0 Å². The molecule has 3 heteroatoms. The third kappa shape index (κ3) is 1.99. The predicted octanol–water partition coefficient (Wildman–Crippen LogP) is 2.11. The molecule has 0 N–H and O–H groups in total. The van der Waals surface area contributed by atoms with Crippen molar-refractivity contribution in [1.82, 2.24) is 4.98 Å². The summed E-state index contributed by atoms with van der Waals surface area (Å²) in [5.74, 6) is 0.809. The molecule has 2 heterocycles. The number of rotatable bonds is 1. The Balaban J connectivity index is 2.27. The van der Waals surface area contributed by atoms with Crippen LogP contribution < -0.4 is 4.90 Å². The molecule has 76 valence electrons. The Bertz CT molecular complexity index is 429. The van der Waals surface area contributed by atoms with E-state index < -0.39 is 0 Å². The molecule has 1 aromatic rings. The van der Waals surface area contributed by atoms with Crippen LogP contribution in [-0.2, 0) is 0 Å². The highest BCUT2D eigenvalue weighted by Crippen LogP contribution is 2.20. The van der Waals surface area contributed by atoms with Crippen LogP contribution >= 0.6 is 0 Å². The fourth-order valence-electron chi connectivity index (χ4n) is 1.70. The van der Waals surface area contributed by atoms with E-state index in [0.29, 0.717) is 5.56 Å². The van der Waals surface area contributed by atoms with Gasteiger partial charge in [-0.25, -0.2) is 4.98 Å². The molecule has 0 saturated carbocycles. The van der Waals surface area contributed by atoms with Crippen molar-refractivity contribution >= 4 is 5.82 Å². The van der Waals surface area contributed by atoms with E-state index in [-0.39, 0.29) is 0 Å². The Morgan fingerprint density at radius 3 is 3.07 bits per heavy atom. The van der Waals surface area contributed by atoms with Crippen LogP contribution in [0, 0.1) is 11.3 Å². The Labute approximate surface area is 89.7 Å². The molecule has 0 atom stereocenters. The summed E-state index contributed by atoms with van der Waals surface area (Å²) >= 11 is 0. The van der Waals surface area contributed by atoms with E-state index in [1.807, 2.05) is 6.07 Å². The summed E-state index contributed by atoms with van der Waals surface area (Å²) in [6.45, 7) is 3.95. The lowest BCUT2D eigenvalue weighted by atomic mass is 10.1. The molecule has 2 rings (SSSR count). The monoisotopic (exact) mass is 199 g/mol. The van der Waals surface area contributed by atoms with Crippen LogP contribution in [0.3, 0.4) is 0 Å². The largest absolute Gasteiger partial charge is 0.351 e. The van der Waals surface area contributed by atoms with E-state index in [2.05, 4.69) is 29.0 Å². The van der Waals surface area contributed by atoms with Crippen LogP contribution in [0.4, 0.5) is 5.82 Å². The van der Waals surface area contributed by atoms with Crippen molar-refractivity contribution in [2.45, 2.75) is 13.3 Å². The van der Waals surface area contributed by atoms with Gasteiger partial charge >= 0.3 is 0 Å². The minimum atomic E-state index is 0.658. The second-order valence-corrected chi connectivity index (χ2v) is 3.73. The first-order chi connectivity index (χ1) is 7.31. The maximum Gasteiger partial charge on any atom is 0.146 e. The molecule has 1 aliphatic heterocycles. The van der Waals surface area contributed by atoms with Crippen molar-refractivity contribution in [3.05, 3.63) is 35.5 Å². The van der Waals surface area contributed by atoms with Gasteiger partial charge in [0.15, 0.2) is 0 Å². The molecule has 0 fully saturated rings. The molecule has 0 bridgehead atoms. The van der Waals surface area contributed by atoms with E-state index in [1.165, 1.54) is 5.57 Å². The normalized spacial score (nSPS) is 15.7. The molecular formula is C12H13N3. The molecule has 0 radical (unpaired) electrons. The van der Waals surface area contributed by atoms with Gasteiger partial charge in [0.25, 0.3) is 0 Å². The van der Waals surface area contributed by atoms with Crippen molar-refractivity contribution in [3.8, 4) is 6.07 Å². The van der Waals surface area contributed by atoms with Crippen molar-refractivity contribution in [1.29, 1.82) is 5.26 Å². The average molecular weight is 199 g/mol. The Morgan fingerprint density at radius 1 is 1.53 bits per heavy atom. The van der Waals surface area contributed by atoms with E-state index in [1.54, 1.807) is 12.3 Å². The standard InChI is InChI=1S/C12H13N3/c1-10-4-7-15(8-5-10)12-11(9-13)3-2-6-14-12/h2-4,6H,5,7-8H2,1H3. The van der Waals surface area contributed by atoms with Crippen molar-refractivity contribution in [3.63, 3.8) is 0 Å². The van der Waals surface area contributed by atoms with Gasteiger partial charge in [-0.3, -0.25) is 0 Å². The quantitative estimate of drug-likeness (QED) is 0.650. The zero-order valence-corrected chi connectivity index (χ0v) is 8.77. The van der Waals surface area contributed by atoms with Gasteiger partial charge in [-0.05, 0) is 25.5 Å². The summed E-state index contributed by atoms with van der Waals surface area (Å²) in [5, 5.41) is 8.97. The summed E-state index contributed by atoms with van der Waals surface area (Å²) in [4.78, 5) is 6.42. The predicted molar refractivity (Wildman–Crippen MR) is 59.5 cm³/mol. The van der Waals surface area contributed by atoms with E-state index in [9.17, 15) is 0 Å². The van der Waals surface area contributed by atoms with Gasteiger partial charge in [-0.2, -0.15) is 5.26 Å². The first-order valence-electron chi connectivity index (χ1n) is 5.07. The molecule has 15 heavy (non-hydrogen) atoms. The third-order valence-corrected chi connectivity index (χ3v) is 2.64. The minimum Gasteiger partial charge on any atom is -0.351 e. The average Bonchev–Trinajstić information content (AvgIpc) is 2.30. The van der Waals surface area contributed by atoms with Crippen LogP contribution in [-0.4, -0.2) is 18.1 Å². The lowest BCUT2D eigenvalue weighted by Crippen LogP contribution is -2.29. The summed E-state index contributed by atoms with van der Waals surface area (Å²) < 4.78 is 0. The second kappa shape index (κ2) is 4.14. The molecule has 0 amide bonds. The van der Waals surface area contributed by atoms with E-state index in [4.69, 9.17) is 5.26 Å². The molecule has 3 nitrogen and oxygen atoms in total. The number of hydrogen-bond donors (Lipinski definition) is 0. The smallest absolute Gasteiger partial charge is 0.146 e. The number of pyridine rings is 1. The molecule has 1 aromatic heterocycles. The van der Waals surface area contributed by atoms with Crippen molar-refractivity contribution in [2.75, 3.05) is 18.0 Å². The minimum absolute atomic E-state index is 0.658. The van der Waals surface area contributed by atoms with E-state index >= 15 is 0 Å². The van der Waals surface area contributed by atoms with Gasteiger partial charge in [-0.15, -0.1) is 0 Å². The number of anilines is 1. The Hall–Kier alpha value is -1.82. The van der Waals surface area contributed by atoms with Gasteiger partial charge in [0.2, 0.25) is 0 Å². The zero-order chi connectivity index (χ0) is 10.7. The van der Waals surface area contributed by atoms with Gasteiger partial charge in [-0.1, -0.05) is 11.6 Å². The van der Waals surface area contributed by atoms with Crippen LogP contribution in [0.2, 0.25) is 0 Å². The first-order valence-corrected chi connectivity index (χ1v) is 5.07.